The van der Waals surface area contributed by atoms with Gasteiger partial charge >= 0.3 is 0 Å². The molecule has 19 heavy (non-hydrogen) atoms. The van der Waals surface area contributed by atoms with Crippen molar-refractivity contribution >= 4 is 5.91 Å². The lowest BCUT2D eigenvalue weighted by molar-refractivity contribution is 0.0941. The van der Waals surface area contributed by atoms with Crippen molar-refractivity contribution in [2.24, 2.45) is 0 Å². The minimum absolute atomic E-state index is 0.203. The molecule has 108 valence electrons. The Kier molecular flexibility index (Phi) is 6.49. The first-order chi connectivity index (χ1) is 9.04. The number of nitrogens with zero attached hydrogens (tertiary/aromatic N) is 3. The van der Waals surface area contributed by atoms with Crippen LogP contribution in [0.1, 0.15) is 50.1 Å². The quantitative estimate of drug-likeness (QED) is 0.694. The molecule has 0 saturated heterocycles. The minimum atomic E-state index is -0.203. The molecule has 6 heteroatoms. The standard InChI is InChI=1S/C13H25N5O/c1-5-7-11-15-12(17-16-11)13(19)14-8-6-9-18(4)10(2)3/h10H,5-9H2,1-4H3,(H,14,19)(H,15,16,17). The van der Waals surface area contributed by atoms with Gasteiger partial charge in [-0.25, -0.2) is 4.98 Å². The van der Waals surface area contributed by atoms with Crippen LogP contribution in [0, 0.1) is 0 Å². The number of hydrogen-bond donors (Lipinski definition) is 2. The number of hydrogen-bond acceptors (Lipinski definition) is 4. The molecule has 1 rings (SSSR count). The van der Waals surface area contributed by atoms with Gasteiger partial charge < -0.3 is 10.2 Å². The average Bonchev–Trinajstić information content (AvgIpc) is 2.83. The fourth-order valence-corrected chi connectivity index (χ4v) is 1.61. The highest BCUT2D eigenvalue weighted by Gasteiger charge is 2.11. The highest BCUT2D eigenvalue weighted by atomic mass is 16.2. The van der Waals surface area contributed by atoms with Gasteiger partial charge in [0, 0.05) is 19.0 Å². The van der Waals surface area contributed by atoms with Crippen LogP contribution in [0.15, 0.2) is 0 Å². The fraction of sp³-hybridized carbons (Fsp3) is 0.769. The number of aromatic nitrogens is 3. The molecule has 0 fully saturated rings. The number of aromatic amines is 1. The lowest BCUT2D eigenvalue weighted by atomic mass is 10.3. The molecule has 1 aromatic rings. The smallest absolute Gasteiger partial charge is 0.290 e. The number of aryl methyl sites for hydroxylation is 1. The lowest BCUT2D eigenvalue weighted by Crippen LogP contribution is -2.31. The topological polar surface area (TPSA) is 73.9 Å². The van der Waals surface area contributed by atoms with Crippen molar-refractivity contribution in [1.82, 2.24) is 25.4 Å². The van der Waals surface area contributed by atoms with Crippen molar-refractivity contribution in [3.63, 3.8) is 0 Å². The highest BCUT2D eigenvalue weighted by Crippen LogP contribution is 1.97. The zero-order valence-electron chi connectivity index (χ0n) is 12.4. The molecule has 0 spiro atoms. The summed E-state index contributed by atoms with van der Waals surface area (Å²) < 4.78 is 0. The van der Waals surface area contributed by atoms with Crippen LogP contribution in [-0.4, -0.2) is 52.2 Å². The van der Waals surface area contributed by atoms with Crippen LogP contribution in [0.25, 0.3) is 0 Å². The Hall–Kier alpha value is -1.43. The Morgan fingerprint density at radius 1 is 1.47 bits per heavy atom. The average molecular weight is 267 g/mol. The van der Waals surface area contributed by atoms with Crippen molar-refractivity contribution < 1.29 is 4.79 Å². The third-order valence-corrected chi connectivity index (χ3v) is 3.08. The van der Waals surface area contributed by atoms with Crippen LogP contribution in [-0.2, 0) is 6.42 Å². The molecule has 0 aliphatic carbocycles. The van der Waals surface area contributed by atoms with E-state index >= 15 is 0 Å². The van der Waals surface area contributed by atoms with E-state index in [0.29, 0.717) is 12.6 Å². The van der Waals surface area contributed by atoms with Crippen molar-refractivity contribution in [2.45, 2.75) is 46.1 Å². The number of H-pyrrole nitrogens is 1. The number of nitrogens with one attached hydrogen (secondary N) is 2. The second-order valence-corrected chi connectivity index (χ2v) is 5.04. The summed E-state index contributed by atoms with van der Waals surface area (Å²) in [6, 6.07) is 0.528. The summed E-state index contributed by atoms with van der Waals surface area (Å²) in [5.74, 6) is 0.804. The van der Waals surface area contributed by atoms with E-state index in [2.05, 4.69) is 53.2 Å². The van der Waals surface area contributed by atoms with Crippen LogP contribution >= 0.6 is 0 Å². The maximum atomic E-state index is 11.8. The summed E-state index contributed by atoms with van der Waals surface area (Å²) in [6.07, 6.45) is 2.73. The molecule has 0 radical (unpaired) electrons. The summed E-state index contributed by atoms with van der Waals surface area (Å²) in [7, 11) is 2.08. The maximum Gasteiger partial charge on any atom is 0.290 e. The second kappa shape index (κ2) is 7.89. The fourth-order valence-electron chi connectivity index (χ4n) is 1.61. The van der Waals surface area contributed by atoms with Gasteiger partial charge in [0.1, 0.15) is 5.82 Å². The molecule has 0 aliphatic rings. The van der Waals surface area contributed by atoms with E-state index < -0.39 is 0 Å². The molecule has 1 heterocycles. The zero-order valence-corrected chi connectivity index (χ0v) is 12.4. The van der Waals surface area contributed by atoms with Crippen molar-refractivity contribution in [2.75, 3.05) is 20.1 Å². The van der Waals surface area contributed by atoms with Crippen LogP contribution in [0.2, 0.25) is 0 Å². The third-order valence-electron chi connectivity index (χ3n) is 3.08. The molecule has 0 unspecified atom stereocenters. The van der Waals surface area contributed by atoms with Crippen LogP contribution in [0.5, 0.6) is 0 Å². The van der Waals surface area contributed by atoms with E-state index in [0.717, 1.165) is 31.6 Å². The lowest BCUT2D eigenvalue weighted by Gasteiger charge is -2.20. The van der Waals surface area contributed by atoms with Crippen LogP contribution in [0.3, 0.4) is 0 Å². The molecule has 0 saturated carbocycles. The van der Waals surface area contributed by atoms with Gasteiger partial charge in [-0.1, -0.05) is 6.92 Å². The van der Waals surface area contributed by atoms with Gasteiger partial charge in [0.05, 0.1) is 0 Å². The van der Waals surface area contributed by atoms with Gasteiger partial charge in [-0.05, 0) is 40.3 Å². The van der Waals surface area contributed by atoms with E-state index in [1.54, 1.807) is 0 Å². The summed E-state index contributed by atoms with van der Waals surface area (Å²) in [5, 5.41) is 9.54. The first kappa shape index (κ1) is 15.6. The van der Waals surface area contributed by atoms with E-state index in [9.17, 15) is 4.79 Å². The largest absolute Gasteiger partial charge is 0.349 e. The predicted molar refractivity (Wildman–Crippen MR) is 75.1 cm³/mol. The SMILES string of the molecule is CCCc1nc(C(=O)NCCCN(C)C(C)C)n[nH]1. The van der Waals surface area contributed by atoms with Gasteiger partial charge in [-0.15, -0.1) is 5.10 Å². The molecule has 0 atom stereocenters. The Morgan fingerprint density at radius 3 is 2.84 bits per heavy atom. The summed E-state index contributed by atoms with van der Waals surface area (Å²) >= 11 is 0. The summed E-state index contributed by atoms with van der Waals surface area (Å²) in [6.45, 7) is 7.98. The first-order valence-electron chi connectivity index (χ1n) is 6.94. The molecule has 1 amide bonds. The molecule has 6 nitrogen and oxygen atoms in total. The maximum absolute atomic E-state index is 11.8. The van der Waals surface area contributed by atoms with E-state index in [1.165, 1.54) is 0 Å². The first-order valence-corrected chi connectivity index (χ1v) is 6.94. The third kappa shape index (κ3) is 5.38. The molecule has 0 bridgehead atoms. The predicted octanol–water partition coefficient (Wildman–Crippen LogP) is 1.22. The Bertz CT molecular complexity index is 388. The van der Waals surface area contributed by atoms with Crippen molar-refractivity contribution in [1.29, 1.82) is 0 Å². The van der Waals surface area contributed by atoms with Gasteiger partial charge in [-0.3, -0.25) is 9.89 Å². The molecule has 2 N–H and O–H groups in total. The van der Waals surface area contributed by atoms with Crippen molar-refractivity contribution in [3.8, 4) is 0 Å². The molecular weight excluding hydrogens is 242 g/mol. The Morgan fingerprint density at radius 2 is 2.21 bits per heavy atom. The van der Waals surface area contributed by atoms with Crippen LogP contribution < -0.4 is 5.32 Å². The molecule has 0 aliphatic heterocycles. The Balaban J connectivity index is 2.27. The zero-order chi connectivity index (χ0) is 14.3. The van der Waals surface area contributed by atoms with E-state index in [-0.39, 0.29) is 11.7 Å². The number of rotatable bonds is 8. The van der Waals surface area contributed by atoms with Crippen LogP contribution in [0.4, 0.5) is 0 Å². The molecule has 1 aromatic heterocycles. The summed E-state index contributed by atoms with van der Waals surface area (Å²) in [5.41, 5.74) is 0. The van der Waals surface area contributed by atoms with Gasteiger partial charge in [-0.2, -0.15) is 0 Å². The van der Waals surface area contributed by atoms with Gasteiger partial charge in [0.2, 0.25) is 5.82 Å². The minimum Gasteiger partial charge on any atom is -0.349 e. The number of carbonyl (C=O) groups is 1. The normalized spacial score (nSPS) is 11.3. The molecular formula is C13H25N5O. The number of amides is 1. The number of carbonyl (C=O) groups excluding carboxylic acids is 1. The highest BCUT2D eigenvalue weighted by molar-refractivity contribution is 5.90. The Labute approximate surface area is 115 Å². The van der Waals surface area contributed by atoms with Gasteiger partial charge in [0.15, 0.2) is 0 Å². The van der Waals surface area contributed by atoms with Gasteiger partial charge in [0.25, 0.3) is 5.91 Å². The summed E-state index contributed by atoms with van der Waals surface area (Å²) in [4.78, 5) is 18.2. The van der Waals surface area contributed by atoms with Crippen molar-refractivity contribution in [3.05, 3.63) is 11.6 Å². The van der Waals surface area contributed by atoms with E-state index in [4.69, 9.17) is 0 Å². The molecule has 0 aromatic carbocycles. The van der Waals surface area contributed by atoms with E-state index in [1.807, 2.05) is 0 Å². The monoisotopic (exact) mass is 267 g/mol. The second-order valence-electron chi connectivity index (χ2n) is 5.04.